The van der Waals surface area contributed by atoms with E-state index in [1.165, 1.54) is 0 Å². The van der Waals surface area contributed by atoms with Gasteiger partial charge in [-0.25, -0.2) is 0 Å². The Morgan fingerprint density at radius 3 is 2.53 bits per heavy atom. The van der Waals surface area contributed by atoms with Crippen molar-refractivity contribution in [2.24, 2.45) is 11.7 Å². The highest BCUT2D eigenvalue weighted by Gasteiger charge is 2.30. The number of hydrogen-bond donors (Lipinski definition) is 3. The fraction of sp³-hybridized carbons (Fsp3) is 0.833. The van der Waals surface area contributed by atoms with Crippen LogP contribution in [0.25, 0.3) is 0 Å². The van der Waals surface area contributed by atoms with Crippen LogP contribution in [-0.2, 0) is 9.59 Å². The maximum atomic E-state index is 11.7. The molecule has 1 aliphatic carbocycles. The second kappa shape index (κ2) is 6.59. The molecule has 0 aromatic carbocycles. The average molecular weight is 242 g/mol. The maximum absolute atomic E-state index is 11.7. The van der Waals surface area contributed by atoms with Gasteiger partial charge in [-0.15, -0.1) is 0 Å². The third-order valence-corrected chi connectivity index (χ3v) is 3.07. The van der Waals surface area contributed by atoms with Crippen molar-refractivity contribution in [1.29, 1.82) is 0 Å². The second-order valence-corrected chi connectivity index (χ2v) is 4.86. The van der Waals surface area contributed by atoms with Crippen LogP contribution in [0, 0.1) is 5.92 Å². The highest BCUT2D eigenvalue weighted by Crippen LogP contribution is 2.32. The zero-order valence-electron chi connectivity index (χ0n) is 10.3. The van der Waals surface area contributed by atoms with Crippen molar-refractivity contribution in [1.82, 2.24) is 5.32 Å². The average Bonchev–Trinajstić information content (AvgIpc) is 2.99. The Morgan fingerprint density at radius 1 is 1.41 bits per heavy atom. The first kappa shape index (κ1) is 14.0. The van der Waals surface area contributed by atoms with E-state index in [1.807, 2.05) is 6.92 Å². The maximum Gasteiger partial charge on any atom is 0.305 e. The lowest BCUT2D eigenvalue weighted by Crippen LogP contribution is -2.40. The number of hydrogen-bond acceptors (Lipinski definition) is 3. The summed E-state index contributed by atoms with van der Waals surface area (Å²) in [6, 6.07) is -0.335. The molecule has 1 rings (SSSR count). The highest BCUT2D eigenvalue weighted by atomic mass is 16.4. The van der Waals surface area contributed by atoms with E-state index in [-0.39, 0.29) is 24.4 Å². The predicted molar refractivity (Wildman–Crippen MR) is 64.4 cm³/mol. The van der Waals surface area contributed by atoms with Crippen molar-refractivity contribution in [2.75, 3.05) is 0 Å². The summed E-state index contributed by atoms with van der Waals surface area (Å²) in [5.41, 5.74) is 5.85. The minimum absolute atomic E-state index is 0.0156. The summed E-state index contributed by atoms with van der Waals surface area (Å²) >= 11 is 0. The Bertz CT molecular complexity index is 277. The number of amides is 1. The lowest BCUT2D eigenvalue weighted by Gasteiger charge is -2.17. The molecule has 5 nitrogen and oxygen atoms in total. The molecule has 0 bridgehead atoms. The van der Waals surface area contributed by atoms with E-state index in [1.54, 1.807) is 0 Å². The molecule has 0 aromatic rings. The van der Waals surface area contributed by atoms with Crippen molar-refractivity contribution in [3.63, 3.8) is 0 Å². The van der Waals surface area contributed by atoms with E-state index in [2.05, 4.69) is 5.32 Å². The molecular weight excluding hydrogens is 220 g/mol. The SMILES string of the molecule is CCCC(CC(=O)O)NC(=O)CC(N)C1CC1. The number of nitrogens with two attached hydrogens (primary N) is 1. The Kier molecular flexibility index (Phi) is 5.41. The topological polar surface area (TPSA) is 92.4 Å². The molecule has 5 heteroatoms. The van der Waals surface area contributed by atoms with Crippen LogP contribution in [0.3, 0.4) is 0 Å². The summed E-state index contributed by atoms with van der Waals surface area (Å²) < 4.78 is 0. The Balaban J connectivity index is 2.31. The predicted octanol–water partition coefficient (Wildman–Crippen LogP) is 0.873. The van der Waals surface area contributed by atoms with E-state index in [4.69, 9.17) is 10.8 Å². The molecule has 17 heavy (non-hydrogen) atoms. The molecule has 1 saturated carbocycles. The van der Waals surface area contributed by atoms with Gasteiger partial charge < -0.3 is 16.2 Å². The number of carboxylic acids is 1. The molecule has 0 radical (unpaired) electrons. The molecule has 2 unspecified atom stereocenters. The van der Waals surface area contributed by atoms with Gasteiger partial charge in [-0.2, -0.15) is 0 Å². The van der Waals surface area contributed by atoms with Gasteiger partial charge in [0, 0.05) is 18.5 Å². The number of carbonyl (C=O) groups is 2. The normalized spacial score (nSPS) is 18.5. The minimum atomic E-state index is -0.879. The molecular formula is C12H22N2O3. The summed E-state index contributed by atoms with van der Waals surface area (Å²) in [6.07, 6.45) is 4.07. The van der Waals surface area contributed by atoms with Gasteiger partial charge in [0.15, 0.2) is 0 Å². The molecule has 1 amide bonds. The number of aliphatic carboxylic acids is 1. The van der Waals surface area contributed by atoms with Gasteiger partial charge in [0.1, 0.15) is 0 Å². The van der Waals surface area contributed by atoms with Crippen LogP contribution >= 0.6 is 0 Å². The first-order valence-electron chi connectivity index (χ1n) is 6.29. The van der Waals surface area contributed by atoms with Gasteiger partial charge in [0.25, 0.3) is 0 Å². The third-order valence-electron chi connectivity index (χ3n) is 3.07. The van der Waals surface area contributed by atoms with Crippen LogP contribution < -0.4 is 11.1 Å². The van der Waals surface area contributed by atoms with Crippen molar-refractivity contribution in [3.8, 4) is 0 Å². The quantitative estimate of drug-likeness (QED) is 0.589. The number of nitrogens with one attached hydrogen (secondary N) is 1. The molecule has 4 N–H and O–H groups in total. The molecule has 0 aromatic heterocycles. The van der Waals surface area contributed by atoms with Gasteiger partial charge in [0.2, 0.25) is 5.91 Å². The minimum Gasteiger partial charge on any atom is -0.481 e. The Hall–Kier alpha value is -1.10. The zero-order valence-corrected chi connectivity index (χ0v) is 10.3. The first-order chi connectivity index (χ1) is 8.02. The van der Waals surface area contributed by atoms with Crippen molar-refractivity contribution in [3.05, 3.63) is 0 Å². The van der Waals surface area contributed by atoms with Crippen LogP contribution in [0.5, 0.6) is 0 Å². The second-order valence-electron chi connectivity index (χ2n) is 4.86. The number of carbonyl (C=O) groups excluding carboxylic acids is 1. The fourth-order valence-corrected chi connectivity index (χ4v) is 1.98. The fourth-order valence-electron chi connectivity index (χ4n) is 1.98. The van der Waals surface area contributed by atoms with Crippen LogP contribution in [-0.4, -0.2) is 29.1 Å². The lowest BCUT2D eigenvalue weighted by atomic mass is 10.1. The van der Waals surface area contributed by atoms with E-state index < -0.39 is 5.97 Å². The van der Waals surface area contributed by atoms with Crippen LogP contribution in [0.1, 0.15) is 45.4 Å². The van der Waals surface area contributed by atoms with Crippen molar-refractivity contribution < 1.29 is 14.7 Å². The Labute approximate surface area is 102 Å². The molecule has 0 aliphatic heterocycles. The smallest absolute Gasteiger partial charge is 0.305 e. The third kappa shape index (κ3) is 5.68. The largest absolute Gasteiger partial charge is 0.481 e. The number of carboxylic acid groups (broad SMARTS) is 1. The molecule has 0 saturated heterocycles. The number of rotatable bonds is 8. The molecule has 2 atom stereocenters. The molecule has 1 aliphatic rings. The molecule has 0 spiro atoms. The van der Waals surface area contributed by atoms with E-state index >= 15 is 0 Å². The van der Waals surface area contributed by atoms with E-state index in [0.717, 1.165) is 19.3 Å². The van der Waals surface area contributed by atoms with Gasteiger partial charge in [-0.3, -0.25) is 9.59 Å². The standard InChI is InChI=1S/C12H22N2O3/c1-2-3-9(6-12(16)17)14-11(15)7-10(13)8-4-5-8/h8-10H,2-7,13H2,1H3,(H,14,15)(H,16,17). The monoisotopic (exact) mass is 242 g/mol. The van der Waals surface area contributed by atoms with Crippen LogP contribution in [0.2, 0.25) is 0 Å². The zero-order chi connectivity index (χ0) is 12.8. The van der Waals surface area contributed by atoms with Gasteiger partial charge in [-0.1, -0.05) is 13.3 Å². The summed E-state index contributed by atoms with van der Waals surface area (Å²) in [4.78, 5) is 22.3. The van der Waals surface area contributed by atoms with Gasteiger partial charge in [0.05, 0.1) is 6.42 Å². The van der Waals surface area contributed by atoms with E-state index in [9.17, 15) is 9.59 Å². The van der Waals surface area contributed by atoms with Crippen LogP contribution in [0.4, 0.5) is 0 Å². The van der Waals surface area contributed by atoms with E-state index in [0.29, 0.717) is 18.8 Å². The molecule has 0 heterocycles. The first-order valence-corrected chi connectivity index (χ1v) is 6.29. The molecule has 98 valence electrons. The van der Waals surface area contributed by atoms with Crippen LogP contribution in [0.15, 0.2) is 0 Å². The lowest BCUT2D eigenvalue weighted by molar-refractivity contribution is -0.137. The van der Waals surface area contributed by atoms with Gasteiger partial charge >= 0.3 is 5.97 Å². The summed E-state index contributed by atoms with van der Waals surface area (Å²) in [7, 11) is 0. The van der Waals surface area contributed by atoms with Gasteiger partial charge in [-0.05, 0) is 25.2 Å². The summed E-state index contributed by atoms with van der Waals surface area (Å²) in [6.45, 7) is 1.97. The Morgan fingerprint density at radius 2 is 2.06 bits per heavy atom. The highest BCUT2D eigenvalue weighted by molar-refractivity contribution is 5.78. The van der Waals surface area contributed by atoms with Crippen molar-refractivity contribution in [2.45, 2.75) is 57.5 Å². The van der Waals surface area contributed by atoms with Crippen molar-refractivity contribution >= 4 is 11.9 Å². The summed E-state index contributed by atoms with van der Waals surface area (Å²) in [5.74, 6) is -0.510. The summed E-state index contributed by atoms with van der Waals surface area (Å²) in [5, 5.41) is 11.5. The molecule has 1 fully saturated rings.